The summed E-state index contributed by atoms with van der Waals surface area (Å²) in [6.07, 6.45) is 2.82. The third-order valence-corrected chi connectivity index (χ3v) is 6.68. The van der Waals surface area contributed by atoms with E-state index in [0.29, 0.717) is 37.0 Å². The summed E-state index contributed by atoms with van der Waals surface area (Å²) in [6, 6.07) is 4.04. The molecule has 182 valence electrons. The zero-order valence-electron chi connectivity index (χ0n) is 18.7. The Labute approximate surface area is 204 Å². The number of carbonyl (C=O) groups is 1. The molecule has 0 N–H and O–H groups in total. The van der Waals surface area contributed by atoms with Gasteiger partial charge < -0.3 is 9.64 Å². The third-order valence-electron chi connectivity index (χ3n) is 6.41. The molecule has 0 radical (unpaired) electrons. The Kier molecular flexibility index (Phi) is 6.08. The normalized spacial score (nSPS) is 21.7. The minimum Gasteiger partial charge on any atom is -0.471 e. The Balaban J connectivity index is 1.42. The van der Waals surface area contributed by atoms with Gasteiger partial charge in [-0.1, -0.05) is 11.6 Å². The first-order valence-corrected chi connectivity index (χ1v) is 11.5. The summed E-state index contributed by atoms with van der Waals surface area (Å²) in [4.78, 5) is 32.2. The number of alkyl halides is 3. The summed E-state index contributed by atoms with van der Waals surface area (Å²) in [5.74, 6) is 0.255. The van der Waals surface area contributed by atoms with Crippen molar-refractivity contribution in [2.45, 2.75) is 44.5 Å². The van der Waals surface area contributed by atoms with Crippen molar-refractivity contribution in [1.82, 2.24) is 24.8 Å². The maximum Gasteiger partial charge on any atom is 0.417 e. The molecule has 6 rings (SSSR count). The summed E-state index contributed by atoms with van der Waals surface area (Å²) in [6.45, 7) is 2.42. The maximum absolute atomic E-state index is 13.7. The van der Waals surface area contributed by atoms with Crippen LogP contribution in [0.3, 0.4) is 0 Å². The van der Waals surface area contributed by atoms with E-state index in [1.54, 1.807) is 29.6 Å². The van der Waals surface area contributed by atoms with Crippen LogP contribution in [0, 0.1) is 12.8 Å². The van der Waals surface area contributed by atoms with Gasteiger partial charge in [0.1, 0.15) is 16.8 Å². The van der Waals surface area contributed by atoms with Gasteiger partial charge in [-0.2, -0.15) is 13.2 Å². The molecule has 0 unspecified atom stereocenters. The van der Waals surface area contributed by atoms with Crippen molar-refractivity contribution in [1.29, 1.82) is 0 Å². The Bertz CT molecular complexity index is 1260. The number of hydrogen-bond donors (Lipinski definition) is 0. The lowest BCUT2D eigenvalue weighted by molar-refractivity contribution is -0.137. The van der Waals surface area contributed by atoms with E-state index in [1.807, 2.05) is 13.0 Å². The molecule has 7 nitrogen and oxygen atoms in total. The standard InChI is InChI=1S/C24H21ClF3N5O2/c1-13-7-16(21-29-5-2-6-30-21)20(31-10-13)23(34)33-12-14-3-4-18(33)19(8-14)35-22-17(25)9-15(11-32-22)24(26,27)28/h2,5-7,9-11,14,18-19H,3-4,8,12H2,1H3/t14-,18+,19-/m1/s1. The highest BCUT2D eigenvalue weighted by Gasteiger charge is 2.45. The molecule has 2 aliphatic heterocycles. The van der Waals surface area contributed by atoms with Crippen molar-refractivity contribution in [3.63, 3.8) is 0 Å². The van der Waals surface area contributed by atoms with Crippen LogP contribution in [-0.4, -0.2) is 49.4 Å². The van der Waals surface area contributed by atoms with Crippen molar-refractivity contribution >= 4 is 17.5 Å². The first-order chi connectivity index (χ1) is 16.7. The number of fused-ring (bicyclic) bond motifs is 3. The van der Waals surface area contributed by atoms with Crippen molar-refractivity contribution in [3.8, 4) is 17.3 Å². The highest BCUT2D eigenvalue weighted by atomic mass is 35.5. The number of hydrogen-bond acceptors (Lipinski definition) is 6. The predicted octanol–water partition coefficient (Wildman–Crippen LogP) is 4.99. The first kappa shape index (κ1) is 23.5. The molecule has 3 atom stereocenters. The molecule has 11 heteroatoms. The molecule has 0 spiro atoms. The van der Waals surface area contributed by atoms with Crippen LogP contribution in [0.4, 0.5) is 13.2 Å². The number of pyridine rings is 2. The number of ether oxygens (including phenoxy) is 1. The molecule has 3 aromatic heterocycles. The maximum atomic E-state index is 13.7. The molecule has 3 aromatic rings. The number of rotatable bonds is 4. The monoisotopic (exact) mass is 503 g/mol. The first-order valence-electron chi connectivity index (χ1n) is 11.1. The number of amides is 1. The Morgan fingerprint density at radius 1 is 1.11 bits per heavy atom. The van der Waals surface area contributed by atoms with Gasteiger partial charge in [0.15, 0.2) is 5.82 Å². The summed E-state index contributed by atoms with van der Waals surface area (Å²) < 4.78 is 44.9. The van der Waals surface area contributed by atoms with Crippen LogP contribution in [0.5, 0.6) is 5.88 Å². The lowest BCUT2D eigenvalue weighted by Gasteiger charge is -2.49. The highest BCUT2D eigenvalue weighted by Crippen LogP contribution is 2.40. The second-order valence-electron chi connectivity index (χ2n) is 8.85. The van der Waals surface area contributed by atoms with Gasteiger partial charge in [0, 0.05) is 31.3 Å². The molecule has 2 bridgehead atoms. The molecule has 1 saturated carbocycles. The summed E-state index contributed by atoms with van der Waals surface area (Å²) in [5, 5.41) is -0.220. The SMILES string of the molecule is Cc1cnc(C(=O)N2C[C@@H]3CC[C@H]2[C@H](Oc2ncc(C(F)(F)F)cc2Cl)C3)c(-c2ncccn2)c1. The van der Waals surface area contributed by atoms with Crippen LogP contribution in [0.1, 0.15) is 40.9 Å². The zero-order chi connectivity index (χ0) is 24.7. The van der Waals surface area contributed by atoms with E-state index in [9.17, 15) is 18.0 Å². The third kappa shape index (κ3) is 4.67. The van der Waals surface area contributed by atoms with Gasteiger partial charge in [0.25, 0.3) is 5.91 Å². The molecule has 2 saturated heterocycles. The van der Waals surface area contributed by atoms with Crippen LogP contribution in [0.15, 0.2) is 43.0 Å². The average Bonchev–Trinajstić information content (AvgIpc) is 2.85. The van der Waals surface area contributed by atoms with Gasteiger partial charge >= 0.3 is 6.18 Å². The van der Waals surface area contributed by atoms with Crippen LogP contribution in [-0.2, 0) is 6.18 Å². The molecule has 0 aromatic carbocycles. The van der Waals surface area contributed by atoms with Gasteiger partial charge in [0.05, 0.1) is 17.2 Å². The van der Waals surface area contributed by atoms with Gasteiger partial charge in [-0.3, -0.25) is 9.78 Å². The minimum absolute atomic E-state index is 0.0727. The van der Waals surface area contributed by atoms with E-state index in [4.69, 9.17) is 16.3 Å². The summed E-state index contributed by atoms with van der Waals surface area (Å²) in [5.41, 5.74) is 0.715. The van der Waals surface area contributed by atoms with E-state index >= 15 is 0 Å². The number of carbonyl (C=O) groups excluding carboxylic acids is 1. The van der Waals surface area contributed by atoms with Crippen LogP contribution >= 0.6 is 11.6 Å². The smallest absolute Gasteiger partial charge is 0.417 e. The number of aryl methyl sites for hydroxylation is 1. The molecule has 3 aliphatic rings. The number of halogens is 4. The minimum atomic E-state index is -4.55. The van der Waals surface area contributed by atoms with Crippen molar-refractivity contribution in [2.24, 2.45) is 5.92 Å². The van der Waals surface area contributed by atoms with Gasteiger partial charge in [-0.15, -0.1) is 0 Å². The molecule has 1 amide bonds. The lowest BCUT2D eigenvalue weighted by Crippen LogP contribution is -2.59. The second-order valence-corrected chi connectivity index (χ2v) is 9.26. The molecule has 1 aliphatic carbocycles. The van der Waals surface area contributed by atoms with Crippen LogP contribution < -0.4 is 4.74 Å². The zero-order valence-corrected chi connectivity index (χ0v) is 19.4. The van der Waals surface area contributed by atoms with Crippen LogP contribution in [0.25, 0.3) is 11.4 Å². The van der Waals surface area contributed by atoms with E-state index in [2.05, 4.69) is 19.9 Å². The Morgan fingerprint density at radius 2 is 1.89 bits per heavy atom. The van der Waals surface area contributed by atoms with Crippen molar-refractivity contribution in [2.75, 3.05) is 6.54 Å². The van der Waals surface area contributed by atoms with Gasteiger partial charge in [-0.25, -0.2) is 15.0 Å². The Hall–Kier alpha value is -3.27. The molecule has 35 heavy (non-hydrogen) atoms. The summed E-state index contributed by atoms with van der Waals surface area (Å²) >= 11 is 6.06. The van der Waals surface area contributed by atoms with Gasteiger partial charge in [0.2, 0.25) is 5.88 Å². The second kappa shape index (κ2) is 9.07. The Morgan fingerprint density at radius 3 is 2.57 bits per heavy atom. The van der Waals surface area contributed by atoms with Crippen molar-refractivity contribution < 1.29 is 22.7 Å². The van der Waals surface area contributed by atoms with E-state index in [0.717, 1.165) is 18.1 Å². The molecule has 5 heterocycles. The largest absolute Gasteiger partial charge is 0.471 e. The fraction of sp³-hybridized carbons (Fsp3) is 0.375. The van der Waals surface area contributed by atoms with E-state index in [1.165, 1.54) is 0 Å². The quantitative estimate of drug-likeness (QED) is 0.499. The summed E-state index contributed by atoms with van der Waals surface area (Å²) in [7, 11) is 0. The van der Waals surface area contributed by atoms with Crippen LogP contribution in [0.2, 0.25) is 5.02 Å². The number of aromatic nitrogens is 4. The predicted molar refractivity (Wildman–Crippen MR) is 121 cm³/mol. The van der Waals surface area contributed by atoms with E-state index < -0.39 is 17.8 Å². The van der Waals surface area contributed by atoms with Gasteiger partial charge in [-0.05, 0) is 55.9 Å². The molecular formula is C24H21ClF3N5O2. The lowest BCUT2D eigenvalue weighted by atomic mass is 9.77. The van der Waals surface area contributed by atoms with Crippen molar-refractivity contribution in [3.05, 3.63) is 64.8 Å². The number of nitrogens with zero attached hydrogens (tertiary/aromatic N) is 5. The van der Waals surface area contributed by atoms with E-state index in [-0.39, 0.29) is 34.5 Å². The molecular weight excluding hydrogens is 483 g/mol. The number of piperidine rings is 2. The fourth-order valence-electron chi connectivity index (χ4n) is 4.79. The molecule has 3 fully saturated rings. The highest BCUT2D eigenvalue weighted by molar-refractivity contribution is 6.31. The topological polar surface area (TPSA) is 81.1 Å². The average molecular weight is 504 g/mol. The fourth-order valence-corrected chi connectivity index (χ4v) is 5.00.